The first kappa shape index (κ1) is 8.58. The molecule has 0 aliphatic heterocycles. The SMILES string of the molecule is CSc1csc2c(C(N)=O)ncn12. The summed E-state index contributed by atoms with van der Waals surface area (Å²) >= 11 is 3.09. The lowest BCUT2D eigenvalue weighted by atomic mass is 10.5. The van der Waals surface area contributed by atoms with Crippen molar-refractivity contribution >= 4 is 33.8 Å². The van der Waals surface area contributed by atoms with Crippen molar-refractivity contribution in [2.75, 3.05) is 6.26 Å². The van der Waals surface area contributed by atoms with Gasteiger partial charge in [0.2, 0.25) is 0 Å². The van der Waals surface area contributed by atoms with Crippen LogP contribution < -0.4 is 5.73 Å². The molecule has 0 fully saturated rings. The van der Waals surface area contributed by atoms with Gasteiger partial charge in [0, 0.05) is 5.38 Å². The fourth-order valence-corrected chi connectivity index (χ4v) is 2.86. The predicted octanol–water partition coefficient (Wildman–Crippen LogP) is 1.22. The second-order valence-corrected chi connectivity index (χ2v) is 4.10. The maximum absolute atomic E-state index is 10.9. The molecule has 1 amide bonds. The highest BCUT2D eigenvalue weighted by atomic mass is 32.2. The van der Waals surface area contributed by atoms with Gasteiger partial charge in [-0.2, -0.15) is 0 Å². The van der Waals surface area contributed by atoms with Crippen molar-refractivity contribution < 1.29 is 4.79 Å². The number of carbonyl (C=O) groups is 1. The van der Waals surface area contributed by atoms with E-state index >= 15 is 0 Å². The van der Waals surface area contributed by atoms with E-state index in [4.69, 9.17) is 5.73 Å². The highest BCUT2D eigenvalue weighted by molar-refractivity contribution is 7.98. The van der Waals surface area contributed by atoms with E-state index in [9.17, 15) is 4.79 Å². The smallest absolute Gasteiger partial charge is 0.270 e. The third-order valence-electron chi connectivity index (χ3n) is 1.68. The molecule has 2 heterocycles. The lowest BCUT2D eigenvalue weighted by Gasteiger charge is -1.89. The Kier molecular flexibility index (Phi) is 2.01. The summed E-state index contributed by atoms with van der Waals surface area (Å²) in [6.07, 6.45) is 3.60. The number of amides is 1. The lowest BCUT2D eigenvalue weighted by Crippen LogP contribution is -2.11. The molecule has 0 saturated carbocycles. The zero-order valence-corrected chi connectivity index (χ0v) is 8.48. The van der Waals surface area contributed by atoms with E-state index < -0.39 is 5.91 Å². The normalized spacial score (nSPS) is 10.8. The van der Waals surface area contributed by atoms with E-state index in [-0.39, 0.29) is 0 Å². The van der Waals surface area contributed by atoms with Crippen LogP contribution in [-0.2, 0) is 0 Å². The Bertz CT molecular complexity index is 459. The Morgan fingerprint density at radius 3 is 3.15 bits per heavy atom. The van der Waals surface area contributed by atoms with Crippen molar-refractivity contribution in [2.45, 2.75) is 5.03 Å². The van der Waals surface area contributed by atoms with Crippen molar-refractivity contribution in [3.8, 4) is 0 Å². The van der Waals surface area contributed by atoms with Gasteiger partial charge in [-0.15, -0.1) is 23.1 Å². The first-order valence-corrected chi connectivity index (χ1v) is 5.63. The number of nitrogens with two attached hydrogens (primary N) is 1. The Hall–Kier alpha value is -1.01. The van der Waals surface area contributed by atoms with Gasteiger partial charge in [-0.1, -0.05) is 0 Å². The molecule has 2 rings (SSSR count). The fourth-order valence-electron chi connectivity index (χ4n) is 1.09. The number of hydrogen-bond donors (Lipinski definition) is 1. The van der Waals surface area contributed by atoms with Crippen molar-refractivity contribution in [2.24, 2.45) is 5.73 Å². The Morgan fingerprint density at radius 1 is 1.77 bits per heavy atom. The van der Waals surface area contributed by atoms with Crippen LogP contribution in [-0.4, -0.2) is 21.5 Å². The Morgan fingerprint density at radius 2 is 2.54 bits per heavy atom. The number of aromatic nitrogens is 2. The number of fused-ring (bicyclic) bond motifs is 1. The first-order valence-electron chi connectivity index (χ1n) is 3.52. The average Bonchev–Trinajstić information content (AvgIpc) is 2.61. The molecule has 0 atom stereocenters. The maximum Gasteiger partial charge on any atom is 0.270 e. The number of hydrogen-bond acceptors (Lipinski definition) is 4. The second-order valence-electron chi connectivity index (χ2n) is 2.41. The molecule has 0 radical (unpaired) electrons. The zero-order valence-electron chi connectivity index (χ0n) is 6.85. The molecule has 2 aromatic rings. The van der Waals surface area contributed by atoms with Crippen LogP contribution in [0.4, 0.5) is 0 Å². The molecule has 6 heteroatoms. The number of rotatable bonds is 2. The van der Waals surface area contributed by atoms with E-state index in [1.807, 2.05) is 16.0 Å². The summed E-state index contributed by atoms with van der Waals surface area (Å²) in [6, 6.07) is 0. The van der Waals surface area contributed by atoms with Gasteiger partial charge in [-0.3, -0.25) is 9.20 Å². The minimum Gasteiger partial charge on any atom is -0.364 e. The summed E-state index contributed by atoms with van der Waals surface area (Å²) in [7, 11) is 0. The predicted molar refractivity (Wildman–Crippen MR) is 53.4 cm³/mol. The van der Waals surface area contributed by atoms with Crippen molar-refractivity contribution in [3.63, 3.8) is 0 Å². The molecule has 0 saturated heterocycles. The summed E-state index contributed by atoms with van der Waals surface area (Å²) in [4.78, 5) is 15.7. The van der Waals surface area contributed by atoms with E-state index in [0.29, 0.717) is 5.69 Å². The van der Waals surface area contributed by atoms with E-state index in [1.54, 1.807) is 18.1 Å². The molecular weight excluding hydrogens is 206 g/mol. The van der Waals surface area contributed by atoms with E-state index in [1.165, 1.54) is 11.3 Å². The quantitative estimate of drug-likeness (QED) is 0.763. The number of nitrogens with zero attached hydrogens (tertiary/aromatic N) is 2. The molecule has 0 unspecified atom stereocenters. The Balaban J connectivity index is 2.69. The van der Waals surface area contributed by atoms with Crippen LogP contribution in [0.2, 0.25) is 0 Å². The first-order chi connectivity index (χ1) is 6.24. The molecule has 2 aromatic heterocycles. The standard InChI is InChI=1S/C7H7N3OS2/c1-12-4-2-13-7-5(6(8)11)9-3-10(4)7/h2-3H,1H3,(H2,8,11). The second kappa shape index (κ2) is 3.04. The molecule has 0 spiro atoms. The zero-order chi connectivity index (χ0) is 9.42. The summed E-state index contributed by atoms with van der Waals surface area (Å²) in [5.41, 5.74) is 5.51. The topological polar surface area (TPSA) is 60.4 Å². The van der Waals surface area contributed by atoms with Gasteiger partial charge in [0.25, 0.3) is 5.91 Å². The largest absolute Gasteiger partial charge is 0.364 e. The van der Waals surface area contributed by atoms with E-state index in [2.05, 4.69) is 4.98 Å². The molecular formula is C7H7N3OS2. The molecule has 68 valence electrons. The summed E-state index contributed by atoms with van der Waals surface area (Å²) in [5, 5.41) is 3.05. The number of thiazole rings is 1. The third-order valence-corrected chi connectivity index (χ3v) is 3.51. The third kappa shape index (κ3) is 1.22. The molecule has 0 bridgehead atoms. The minimum absolute atomic E-state index is 0.352. The van der Waals surface area contributed by atoms with E-state index in [0.717, 1.165) is 9.86 Å². The van der Waals surface area contributed by atoms with Crippen LogP contribution in [0.25, 0.3) is 4.83 Å². The van der Waals surface area contributed by atoms with Crippen LogP contribution in [0.3, 0.4) is 0 Å². The van der Waals surface area contributed by atoms with Gasteiger partial charge in [-0.25, -0.2) is 4.98 Å². The van der Waals surface area contributed by atoms with Gasteiger partial charge in [0.15, 0.2) is 5.69 Å². The van der Waals surface area contributed by atoms with Crippen molar-refractivity contribution in [1.82, 2.24) is 9.38 Å². The molecule has 0 aliphatic carbocycles. The van der Waals surface area contributed by atoms with Crippen LogP contribution in [0.1, 0.15) is 10.5 Å². The van der Waals surface area contributed by atoms with Crippen molar-refractivity contribution in [3.05, 3.63) is 17.4 Å². The van der Waals surface area contributed by atoms with Gasteiger partial charge < -0.3 is 5.73 Å². The average molecular weight is 213 g/mol. The van der Waals surface area contributed by atoms with Gasteiger partial charge >= 0.3 is 0 Å². The van der Waals surface area contributed by atoms with Crippen LogP contribution >= 0.6 is 23.1 Å². The lowest BCUT2D eigenvalue weighted by molar-refractivity contribution is 0.0998. The highest BCUT2D eigenvalue weighted by Gasteiger charge is 2.13. The van der Waals surface area contributed by atoms with Crippen LogP contribution in [0.5, 0.6) is 0 Å². The van der Waals surface area contributed by atoms with Gasteiger partial charge in [0.05, 0.1) is 5.03 Å². The highest BCUT2D eigenvalue weighted by Crippen LogP contribution is 2.25. The fraction of sp³-hybridized carbons (Fsp3) is 0.143. The molecule has 0 aliphatic rings. The van der Waals surface area contributed by atoms with Gasteiger partial charge in [-0.05, 0) is 6.26 Å². The molecule has 2 N–H and O–H groups in total. The van der Waals surface area contributed by atoms with Gasteiger partial charge in [0.1, 0.15) is 11.2 Å². The summed E-state index contributed by atoms with van der Waals surface area (Å²) in [6.45, 7) is 0. The number of thioether (sulfide) groups is 1. The minimum atomic E-state index is -0.475. The molecule has 0 aromatic carbocycles. The van der Waals surface area contributed by atoms with Crippen LogP contribution in [0.15, 0.2) is 16.7 Å². The monoisotopic (exact) mass is 213 g/mol. The summed E-state index contributed by atoms with van der Waals surface area (Å²) in [5.74, 6) is -0.475. The number of primary amides is 1. The molecule has 4 nitrogen and oxygen atoms in total. The molecule has 13 heavy (non-hydrogen) atoms. The maximum atomic E-state index is 10.9. The van der Waals surface area contributed by atoms with Crippen LogP contribution in [0, 0.1) is 0 Å². The van der Waals surface area contributed by atoms with Crippen molar-refractivity contribution in [1.29, 1.82) is 0 Å². The number of imidazole rings is 1. The number of carbonyl (C=O) groups excluding carboxylic acids is 1. The Labute approximate surface area is 82.8 Å². The summed E-state index contributed by atoms with van der Waals surface area (Å²) < 4.78 is 1.87.